The Balaban J connectivity index is 1.37. The Morgan fingerprint density at radius 3 is 2.50 bits per heavy atom. The first kappa shape index (κ1) is 23.5. The maximum atomic E-state index is 13.6. The van der Waals surface area contributed by atoms with Gasteiger partial charge >= 0.3 is 6.18 Å². The van der Waals surface area contributed by atoms with Crippen LogP contribution in [0, 0.1) is 19.3 Å². The lowest BCUT2D eigenvalue weighted by Crippen LogP contribution is -2.70. The number of alkyl halides is 3. The minimum atomic E-state index is -4.19. The molecule has 10 heteroatoms. The third-order valence-electron chi connectivity index (χ3n) is 8.46. The highest BCUT2D eigenvalue weighted by Crippen LogP contribution is 2.78. The Bertz CT molecular complexity index is 1410. The van der Waals surface area contributed by atoms with Gasteiger partial charge in [0, 0.05) is 36.7 Å². The highest BCUT2D eigenvalue weighted by molar-refractivity contribution is 5.75. The number of pyridine rings is 1. The van der Waals surface area contributed by atoms with Gasteiger partial charge < -0.3 is 9.30 Å². The minimum absolute atomic E-state index is 0.0405. The van der Waals surface area contributed by atoms with Crippen LogP contribution in [0.5, 0.6) is 0 Å². The van der Waals surface area contributed by atoms with Crippen molar-refractivity contribution in [2.45, 2.75) is 83.0 Å². The van der Waals surface area contributed by atoms with Crippen LogP contribution in [0.2, 0.25) is 0 Å². The van der Waals surface area contributed by atoms with Crippen LogP contribution in [0.25, 0.3) is 11.2 Å². The summed E-state index contributed by atoms with van der Waals surface area (Å²) in [6, 6.07) is 3.35. The Labute approximate surface area is 206 Å². The molecule has 7 nitrogen and oxygen atoms in total. The first-order valence-corrected chi connectivity index (χ1v) is 12.5. The van der Waals surface area contributed by atoms with Gasteiger partial charge in [0.25, 0.3) is 5.56 Å². The van der Waals surface area contributed by atoms with Crippen molar-refractivity contribution in [3.63, 3.8) is 0 Å². The largest absolute Gasteiger partial charge is 0.394 e. The fourth-order valence-electron chi connectivity index (χ4n) is 6.27. The van der Waals surface area contributed by atoms with Crippen LogP contribution in [0.3, 0.4) is 0 Å². The molecule has 190 valence electrons. The molecule has 4 aliphatic rings. The summed E-state index contributed by atoms with van der Waals surface area (Å²) in [4.78, 5) is 31.1. The molecule has 2 bridgehead atoms. The average molecular weight is 500 g/mol. The van der Waals surface area contributed by atoms with Gasteiger partial charge in [0.15, 0.2) is 5.65 Å². The van der Waals surface area contributed by atoms with Crippen LogP contribution in [-0.4, -0.2) is 37.3 Å². The van der Waals surface area contributed by atoms with Gasteiger partial charge in [-0.1, -0.05) is 0 Å². The number of ether oxygens (including phenoxy) is 1. The van der Waals surface area contributed by atoms with Crippen molar-refractivity contribution in [1.29, 1.82) is 0 Å². The van der Waals surface area contributed by atoms with Crippen molar-refractivity contribution in [3.05, 3.63) is 57.2 Å². The van der Waals surface area contributed by atoms with Gasteiger partial charge in [-0.2, -0.15) is 13.2 Å². The Hall–Kier alpha value is -2.88. The number of fused-ring (bicyclic) bond motifs is 1. The molecule has 4 fully saturated rings. The number of aryl methyl sites for hydroxylation is 3. The molecule has 0 radical (unpaired) electrons. The lowest BCUT2D eigenvalue weighted by molar-refractivity contribution is -0.337. The van der Waals surface area contributed by atoms with Gasteiger partial charge in [0.2, 0.25) is 0 Å². The van der Waals surface area contributed by atoms with Gasteiger partial charge in [-0.3, -0.25) is 4.79 Å². The van der Waals surface area contributed by atoms with E-state index in [-0.39, 0.29) is 36.8 Å². The molecule has 1 aliphatic heterocycles. The second-order valence-electron chi connectivity index (χ2n) is 10.8. The van der Waals surface area contributed by atoms with Crippen LogP contribution in [0.4, 0.5) is 13.2 Å². The summed E-state index contributed by atoms with van der Waals surface area (Å²) >= 11 is 0. The van der Waals surface area contributed by atoms with Crippen molar-refractivity contribution in [1.82, 2.24) is 24.5 Å². The number of aromatic nitrogens is 5. The van der Waals surface area contributed by atoms with E-state index in [2.05, 4.69) is 9.97 Å². The number of nitrogens with zero attached hydrogens (tertiary/aromatic N) is 5. The van der Waals surface area contributed by atoms with Crippen molar-refractivity contribution in [3.8, 4) is 0 Å². The second kappa shape index (κ2) is 7.81. The van der Waals surface area contributed by atoms with Gasteiger partial charge in [0.1, 0.15) is 11.3 Å². The molecule has 0 N–H and O–H groups in total. The zero-order valence-corrected chi connectivity index (χ0v) is 20.5. The van der Waals surface area contributed by atoms with Crippen molar-refractivity contribution in [2.75, 3.05) is 6.61 Å². The fraction of sp³-hybridized carbons (Fsp3) is 0.577. The smallest absolute Gasteiger partial charge is 0.373 e. The van der Waals surface area contributed by atoms with Gasteiger partial charge in [-0.15, -0.1) is 0 Å². The molecule has 3 saturated carbocycles. The molecule has 36 heavy (non-hydrogen) atoms. The third-order valence-corrected chi connectivity index (χ3v) is 8.46. The molecular weight excluding hydrogens is 471 g/mol. The molecule has 0 aromatic carbocycles. The number of halogens is 3. The normalized spacial score (nSPS) is 29.6. The fourth-order valence-corrected chi connectivity index (χ4v) is 6.27. The summed E-state index contributed by atoms with van der Waals surface area (Å²) in [5.41, 5.74) is 1.74. The quantitative estimate of drug-likeness (QED) is 0.511. The van der Waals surface area contributed by atoms with Gasteiger partial charge in [0.05, 0.1) is 28.6 Å². The maximum Gasteiger partial charge on any atom is 0.394 e. The molecule has 0 spiro atoms. The SMILES string of the molecule is CCn1cc(C2CC(c3nc(C45CC(C(F)(F)F)(C4)C5)c4nc(C)c(C)nc4n3)CCO2)ccc1=O. The highest BCUT2D eigenvalue weighted by Gasteiger charge is 2.79. The predicted molar refractivity (Wildman–Crippen MR) is 126 cm³/mol. The van der Waals surface area contributed by atoms with E-state index in [0.717, 1.165) is 17.0 Å². The Morgan fingerprint density at radius 2 is 1.81 bits per heavy atom. The topological polar surface area (TPSA) is 82.8 Å². The lowest BCUT2D eigenvalue weighted by atomic mass is 9.34. The molecule has 1 saturated heterocycles. The van der Waals surface area contributed by atoms with E-state index in [9.17, 15) is 18.0 Å². The van der Waals surface area contributed by atoms with Crippen LogP contribution >= 0.6 is 0 Å². The van der Waals surface area contributed by atoms with Crippen molar-refractivity contribution < 1.29 is 17.9 Å². The standard InChI is InChI=1S/C26H28F3N5O2/c1-4-34-10-17(5-6-19(34)35)18-9-16(7-8-36-18)22-32-21(20-23(33-22)31-15(3)14(2)30-20)24-11-25(12-24,13-24)26(27,28)29/h5-6,10,16,18H,4,7-9,11-13H2,1-3H3. The minimum Gasteiger partial charge on any atom is -0.373 e. The molecule has 2 atom stereocenters. The Kier molecular flexibility index (Phi) is 5.10. The molecule has 0 amide bonds. The van der Waals surface area contributed by atoms with E-state index in [4.69, 9.17) is 14.7 Å². The first-order chi connectivity index (χ1) is 17.0. The maximum absolute atomic E-state index is 13.6. The molecule has 3 aliphatic carbocycles. The molecule has 3 aromatic rings. The van der Waals surface area contributed by atoms with E-state index in [1.54, 1.807) is 16.7 Å². The lowest BCUT2D eigenvalue weighted by Gasteiger charge is -2.70. The molecule has 2 unspecified atom stereocenters. The molecule has 4 heterocycles. The number of hydrogen-bond acceptors (Lipinski definition) is 6. The van der Waals surface area contributed by atoms with E-state index in [1.807, 2.05) is 27.0 Å². The first-order valence-electron chi connectivity index (χ1n) is 12.5. The van der Waals surface area contributed by atoms with E-state index in [1.165, 1.54) is 0 Å². The summed E-state index contributed by atoms with van der Waals surface area (Å²) in [5, 5.41) is 0. The van der Waals surface area contributed by atoms with Crippen LogP contribution in [0.1, 0.15) is 79.5 Å². The summed E-state index contributed by atoms with van der Waals surface area (Å²) in [6.07, 6.45) is -1.11. The third kappa shape index (κ3) is 3.40. The van der Waals surface area contributed by atoms with Crippen LogP contribution in [-0.2, 0) is 16.7 Å². The summed E-state index contributed by atoms with van der Waals surface area (Å²) < 4.78 is 48.5. The van der Waals surface area contributed by atoms with E-state index >= 15 is 0 Å². The molecular formula is C26H28F3N5O2. The van der Waals surface area contributed by atoms with E-state index < -0.39 is 17.0 Å². The number of rotatable bonds is 4. The predicted octanol–water partition coefficient (Wildman–Crippen LogP) is 4.84. The summed E-state index contributed by atoms with van der Waals surface area (Å²) in [7, 11) is 0. The zero-order valence-electron chi connectivity index (χ0n) is 20.5. The number of hydrogen-bond donors (Lipinski definition) is 0. The summed E-state index contributed by atoms with van der Waals surface area (Å²) in [6.45, 7) is 6.68. The van der Waals surface area contributed by atoms with Crippen LogP contribution in [0.15, 0.2) is 23.1 Å². The van der Waals surface area contributed by atoms with Gasteiger partial charge in [-0.25, -0.2) is 19.9 Å². The zero-order chi connectivity index (χ0) is 25.5. The molecule has 3 aromatic heterocycles. The summed E-state index contributed by atoms with van der Waals surface area (Å²) in [5.74, 6) is 0.555. The average Bonchev–Trinajstić information content (AvgIpc) is 2.77. The highest BCUT2D eigenvalue weighted by atomic mass is 19.4. The monoisotopic (exact) mass is 499 g/mol. The van der Waals surface area contributed by atoms with Gasteiger partial charge in [-0.05, 0) is 64.5 Å². The Morgan fingerprint density at radius 1 is 1.08 bits per heavy atom. The molecule has 7 rings (SSSR count). The van der Waals surface area contributed by atoms with Crippen molar-refractivity contribution in [2.24, 2.45) is 5.41 Å². The second-order valence-corrected chi connectivity index (χ2v) is 10.8. The van der Waals surface area contributed by atoms with Crippen molar-refractivity contribution >= 4 is 11.2 Å². The van der Waals surface area contributed by atoms with E-state index in [0.29, 0.717) is 48.7 Å². The van der Waals surface area contributed by atoms with Crippen LogP contribution < -0.4 is 5.56 Å².